The fraction of sp³-hybridized carbons (Fsp3) is 0.217. The average molecular weight is 469 g/mol. The molecular weight excluding hydrogens is 447 g/mol. The maximum atomic E-state index is 13.5. The lowest BCUT2D eigenvalue weighted by Gasteiger charge is -2.36. The minimum Gasteiger partial charge on any atom is -0.495 e. The molecule has 2 unspecified atom stereocenters. The molecule has 0 fully saturated rings. The van der Waals surface area contributed by atoms with Crippen molar-refractivity contribution < 1.29 is 13.9 Å². The van der Waals surface area contributed by atoms with Crippen LogP contribution in [-0.2, 0) is 10.4 Å². The average Bonchev–Trinajstić information content (AvgIpc) is 3.45. The number of likely N-dealkylation sites (N-methyl/N-ethyl adjacent to an activating group) is 1. The smallest absolute Gasteiger partial charge is 0.195 e. The van der Waals surface area contributed by atoms with Gasteiger partial charge in [-0.2, -0.15) is 0 Å². The van der Waals surface area contributed by atoms with Gasteiger partial charge in [-0.25, -0.2) is 14.4 Å². The molecule has 2 aromatic carbocycles. The topological polar surface area (TPSA) is 98.7 Å². The van der Waals surface area contributed by atoms with Crippen LogP contribution in [0.5, 0.6) is 5.75 Å². The number of benzene rings is 2. The van der Waals surface area contributed by atoms with Crippen LogP contribution in [0.1, 0.15) is 17.2 Å². The van der Waals surface area contributed by atoms with Gasteiger partial charge in [-0.05, 0) is 36.9 Å². The van der Waals surface area contributed by atoms with Gasteiger partial charge >= 0.3 is 0 Å². The van der Waals surface area contributed by atoms with E-state index in [0.717, 1.165) is 28.1 Å². The summed E-state index contributed by atoms with van der Waals surface area (Å²) >= 11 is 5.99. The van der Waals surface area contributed by atoms with Gasteiger partial charge in [0.1, 0.15) is 29.2 Å². The lowest BCUT2D eigenvalue weighted by atomic mass is 9.88. The van der Waals surface area contributed by atoms with Gasteiger partial charge < -0.3 is 25.1 Å². The first-order valence-corrected chi connectivity index (χ1v) is 10.6. The van der Waals surface area contributed by atoms with Crippen LogP contribution in [0.15, 0.2) is 71.3 Å². The second-order valence-electron chi connectivity index (χ2n) is 7.71. The molecule has 170 valence electrons. The molecule has 1 aromatic heterocycles. The van der Waals surface area contributed by atoms with E-state index in [4.69, 9.17) is 31.8 Å². The number of aliphatic imine (C=N–C) groups is 1. The van der Waals surface area contributed by atoms with Gasteiger partial charge in [0, 0.05) is 17.3 Å². The van der Waals surface area contributed by atoms with E-state index in [-0.39, 0.29) is 11.8 Å². The van der Waals surface area contributed by atoms with E-state index >= 15 is 0 Å². The SMILES string of the molecule is CNC1(c2ccc(-n3cnc(Cl)c3)c(OC)c2)N=C(N)NC2=C1COC2c1ccc(F)cc1. The highest BCUT2D eigenvalue weighted by atomic mass is 35.5. The largest absolute Gasteiger partial charge is 0.495 e. The Morgan fingerprint density at radius 1 is 1.30 bits per heavy atom. The Balaban J connectivity index is 1.61. The number of aromatic nitrogens is 2. The Labute approximate surface area is 194 Å². The molecule has 0 amide bonds. The molecule has 2 atom stereocenters. The summed E-state index contributed by atoms with van der Waals surface area (Å²) in [7, 11) is 3.41. The summed E-state index contributed by atoms with van der Waals surface area (Å²) in [6.07, 6.45) is 2.90. The van der Waals surface area contributed by atoms with Crippen molar-refractivity contribution in [2.24, 2.45) is 10.7 Å². The van der Waals surface area contributed by atoms with Crippen LogP contribution in [0.2, 0.25) is 5.15 Å². The Morgan fingerprint density at radius 3 is 2.76 bits per heavy atom. The quantitative estimate of drug-likeness (QED) is 0.532. The number of imidazole rings is 1. The van der Waals surface area contributed by atoms with Crippen molar-refractivity contribution in [2.45, 2.75) is 11.8 Å². The lowest BCUT2D eigenvalue weighted by Crippen LogP contribution is -2.49. The molecular formula is C23H22ClFN6O2. The highest BCUT2D eigenvalue weighted by Crippen LogP contribution is 2.45. The normalized spacial score (nSPS) is 22.1. The number of hydrogen-bond acceptors (Lipinski definition) is 7. The number of nitrogens with one attached hydrogen (secondary N) is 2. The van der Waals surface area contributed by atoms with Crippen LogP contribution in [0.25, 0.3) is 5.69 Å². The standard InChI is InChI=1S/C23H22ClFN6O2/c1-27-23(14-5-8-17(18(9-14)32-2)31-10-19(24)28-12-31)16-11-33-21(20(16)29-22(26)30-23)13-3-6-15(25)7-4-13/h3-10,12,21,27H,11H2,1-2H3,(H3,26,29,30). The Bertz CT molecular complexity index is 1270. The Hall–Kier alpha value is -3.40. The minimum atomic E-state index is -0.974. The summed E-state index contributed by atoms with van der Waals surface area (Å²) in [5, 5.41) is 6.87. The number of ether oxygens (including phenoxy) is 2. The fourth-order valence-electron chi connectivity index (χ4n) is 4.38. The fourth-order valence-corrected chi connectivity index (χ4v) is 4.53. The molecule has 0 saturated heterocycles. The van der Waals surface area contributed by atoms with Crippen LogP contribution in [-0.4, -0.2) is 36.3 Å². The van der Waals surface area contributed by atoms with E-state index in [2.05, 4.69) is 15.6 Å². The minimum absolute atomic E-state index is 0.241. The second-order valence-corrected chi connectivity index (χ2v) is 8.09. The van der Waals surface area contributed by atoms with Crippen LogP contribution >= 0.6 is 11.6 Å². The van der Waals surface area contributed by atoms with Crippen molar-refractivity contribution in [1.29, 1.82) is 0 Å². The number of methoxy groups -OCH3 is 1. The lowest BCUT2D eigenvalue weighted by molar-refractivity contribution is 0.115. The summed E-state index contributed by atoms with van der Waals surface area (Å²) in [4.78, 5) is 8.82. The van der Waals surface area contributed by atoms with Gasteiger partial charge in [0.2, 0.25) is 0 Å². The molecule has 5 rings (SSSR count). The summed E-state index contributed by atoms with van der Waals surface area (Å²) < 4.78 is 27.0. The highest BCUT2D eigenvalue weighted by molar-refractivity contribution is 6.29. The highest BCUT2D eigenvalue weighted by Gasteiger charge is 2.45. The van der Waals surface area contributed by atoms with Crippen molar-refractivity contribution in [3.05, 3.63) is 88.4 Å². The molecule has 4 N–H and O–H groups in total. The molecule has 0 saturated carbocycles. The van der Waals surface area contributed by atoms with E-state index in [1.54, 1.807) is 36.3 Å². The number of hydrogen-bond donors (Lipinski definition) is 3. The predicted octanol–water partition coefficient (Wildman–Crippen LogP) is 2.99. The van der Waals surface area contributed by atoms with Gasteiger partial charge in [0.05, 0.1) is 25.1 Å². The van der Waals surface area contributed by atoms with Crippen molar-refractivity contribution in [1.82, 2.24) is 20.2 Å². The summed E-state index contributed by atoms with van der Waals surface area (Å²) in [5.41, 5.74) is 9.33. The Morgan fingerprint density at radius 2 is 2.09 bits per heavy atom. The first kappa shape index (κ1) is 21.4. The molecule has 2 aliphatic rings. The summed E-state index contributed by atoms with van der Waals surface area (Å²) in [6, 6.07) is 12.0. The predicted molar refractivity (Wildman–Crippen MR) is 123 cm³/mol. The van der Waals surface area contributed by atoms with E-state index < -0.39 is 11.8 Å². The number of halogens is 2. The van der Waals surface area contributed by atoms with E-state index in [1.165, 1.54) is 12.1 Å². The zero-order chi connectivity index (χ0) is 23.2. The van der Waals surface area contributed by atoms with Gasteiger partial charge in [-0.1, -0.05) is 29.8 Å². The molecule has 2 aliphatic heterocycles. The van der Waals surface area contributed by atoms with Crippen molar-refractivity contribution in [3.8, 4) is 11.4 Å². The maximum Gasteiger partial charge on any atom is 0.195 e. The molecule has 0 radical (unpaired) electrons. The van der Waals surface area contributed by atoms with Crippen LogP contribution in [0, 0.1) is 5.82 Å². The monoisotopic (exact) mass is 468 g/mol. The number of nitrogens with zero attached hydrogens (tertiary/aromatic N) is 3. The maximum absolute atomic E-state index is 13.5. The summed E-state index contributed by atoms with van der Waals surface area (Å²) in [5.74, 6) is 0.546. The van der Waals surface area contributed by atoms with Crippen molar-refractivity contribution >= 4 is 17.6 Å². The third-order valence-corrected chi connectivity index (χ3v) is 6.13. The number of rotatable bonds is 5. The van der Waals surface area contributed by atoms with Gasteiger partial charge in [-0.3, -0.25) is 5.32 Å². The Kier molecular flexibility index (Phi) is 5.32. The molecule has 3 aromatic rings. The van der Waals surface area contributed by atoms with Crippen LogP contribution in [0.3, 0.4) is 0 Å². The van der Waals surface area contributed by atoms with Crippen LogP contribution < -0.4 is 21.1 Å². The molecule has 0 aliphatic carbocycles. The molecule has 0 bridgehead atoms. The van der Waals surface area contributed by atoms with Gasteiger partial charge in [0.25, 0.3) is 0 Å². The van der Waals surface area contributed by atoms with E-state index in [0.29, 0.717) is 17.5 Å². The molecule has 10 heteroatoms. The zero-order valence-electron chi connectivity index (χ0n) is 18.0. The number of guanidine groups is 1. The third kappa shape index (κ3) is 3.54. The van der Waals surface area contributed by atoms with Gasteiger partial charge in [-0.15, -0.1) is 0 Å². The van der Waals surface area contributed by atoms with Gasteiger partial charge in [0.15, 0.2) is 11.6 Å². The van der Waals surface area contributed by atoms with Crippen molar-refractivity contribution in [2.75, 3.05) is 20.8 Å². The van der Waals surface area contributed by atoms with Crippen molar-refractivity contribution in [3.63, 3.8) is 0 Å². The molecule has 8 nitrogen and oxygen atoms in total. The molecule has 33 heavy (non-hydrogen) atoms. The number of nitrogens with two attached hydrogens (primary N) is 1. The first-order chi connectivity index (χ1) is 15.9. The van der Waals surface area contributed by atoms with E-state index in [1.807, 2.05) is 25.2 Å². The van der Waals surface area contributed by atoms with E-state index in [9.17, 15) is 4.39 Å². The molecule has 3 heterocycles. The summed E-state index contributed by atoms with van der Waals surface area (Å²) in [6.45, 7) is 0.309. The second kappa shape index (κ2) is 8.18. The first-order valence-electron chi connectivity index (χ1n) is 10.3. The zero-order valence-corrected chi connectivity index (χ0v) is 18.7. The third-order valence-electron chi connectivity index (χ3n) is 5.93. The van der Waals surface area contributed by atoms with Crippen LogP contribution in [0.4, 0.5) is 4.39 Å². The molecule has 0 spiro atoms.